The van der Waals surface area contributed by atoms with Crippen LogP contribution in [0.4, 0.5) is 0 Å². The van der Waals surface area contributed by atoms with E-state index in [9.17, 15) is 4.79 Å². The van der Waals surface area contributed by atoms with Crippen LogP contribution in [0.1, 0.15) is 26.0 Å². The van der Waals surface area contributed by atoms with Gasteiger partial charge >= 0.3 is 0 Å². The smallest absolute Gasteiger partial charge is 0.239 e. The van der Waals surface area contributed by atoms with Gasteiger partial charge in [0.2, 0.25) is 5.91 Å². The lowest BCUT2D eigenvalue weighted by molar-refractivity contribution is -0.135. The molecular weight excluding hydrogens is 373 g/mol. The highest BCUT2D eigenvalue weighted by Crippen LogP contribution is 2.15. The number of nitrogens with two attached hydrogens (primary N) is 1. The molecule has 6 nitrogen and oxygen atoms in total. The van der Waals surface area contributed by atoms with Gasteiger partial charge in [-0.3, -0.25) is 9.69 Å². The normalized spacial score (nSPS) is 17.8. The maximum absolute atomic E-state index is 12.5. The summed E-state index contributed by atoms with van der Waals surface area (Å²) in [5.41, 5.74) is 8.00. The molecule has 2 aromatic heterocycles. The Balaban J connectivity index is 0.00000243. The lowest BCUT2D eigenvalue weighted by Crippen LogP contribution is -2.54. The van der Waals surface area contributed by atoms with Crippen LogP contribution in [0.3, 0.4) is 0 Å². The highest BCUT2D eigenvalue weighted by atomic mass is 35.5. The van der Waals surface area contributed by atoms with Gasteiger partial charge in [-0.1, -0.05) is 31.9 Å². The molecule has 144 valence electrons. The molecule has 1 aliphatic heterocycles. The van der Waals surface area contributed by atoms with Crippen LogP contribution in [0.2, 0.25) is 5.02 Å². The zero-order chi connectivity index (χ0) is 18.0. The Kier molecular flexibility index (Phi) is 7.29. The number of fused-ring (bicyclic) bond motifs is 1. The quantitative estimate of drug-likeness (QED) is 0.837. The van der Waals surface area contributed by atoms with Gasteiger partial charge in [0.05, 0.1) is 16.8 Å². The zero-order valence-electron chi connectivity index (χ0n) is 15.3. The average molecular weight is 400 g/mol. The second-order valence-corrected chi connectivity index (χ2v) is 7.29. The van der Waals surface area contributed by atoms with Crippen molar-refractivity contribution in [3.63, 3.8) is 0 Å². The fourth-order valence-electron chi connectivity index (χ4n) is 3.16. The van der Waals surface area contributed by atoms with Crippen molar-refractivity contribution in [2.24, 2.45) is 11.7 Å². The largest absolute Gasteiger partial charge is 0.339 e. The van der Waals surface area contributed by atoms with Crippen LogP contribution in [0.5, 0.6) is 0 Å². The Morgan fingerprint density at radius 2 is 1.96 bits per heavy atom. The molecule has 2 aromatic rings. The van der Waals surface area contributed by atoms with E-state index in [4.69, 9.17) is 17.3 Å². The summed E-state index contributed by atoms with van der Waals surface area (Å²) in [5.74, 6) is 0.298. The van der Waals surface area contributed by atoms with Crippen molar-refractivity contribution in [2.75, 3.05) is 26.2 Å². The molecule has 1 saturated heterocycles. The van der Waals surface area contributed by atoms with Crippen molar-refractivity contribution in [3.8, 4) is 0 Å². The Hall–Kier alpha value is -1.34. The molecule has 0 radical (unpaired) electrons. The summed E-state index contributed by atoms with van der Waals surface area (Å²) in [5, 5.41) is 0.696. The molecule has 0 bridgehead atoms. The molecule has 0 saturated carbocycles. The number of pyridine rings is 1. The molecule has 3 rings (SSSR count). The van der Waals surface area contributed by atoms with Crippen LogP contribution in [0.15, 0.2) is 24.5 Å². The van der Waals surface area contributed by atoms with Gasteiger partial charge in [-0.2, -0.15) is 0 Å². The monoisotopic (exact) mass is 399 g/mol. The molecule has 1 fully saturated rings. The van der Waals surface area contributed by atoms with Gasteiger partial charge in [-0.25, -0.2) is 4.98 Å². The first-order valence-electron chi connectivity index (χ1n) is 8.87. The van der Waals surface area contributed by atoms with Gasteiger partial charge < -0.3 is 15.0 Å². The number of halogens is 2. The molecule has 0 aromatic carbocycles. The second-order valence-electron chi connectivity index (χ2n) is 6.86. The van der Waals surface area contributed by atoms with E-state index >= 15 is 0 Å². The number of hydrogen-bond donors (Lipinski definition) is 1. The Morgan fingerprint density at radius 3 is 2.62 bits per heavy atom. The summed E-state index contributed by atoms with van der Waals surface area (Å²) in [6.45, 7) is 8.01. The molecule has 2 atom stereocenters. The lowest BCUT2D eigenvalue weighted by Gasteiger charge is -2.36. The van der Waals surface area contributed by atoms with Crippen molar-refractivity contribution in [1.29, 1.82) is 0 Å². The number of rotatable bonds is 5. The van der Waals surface area contributed by atoms with E-state index in [0.717, 1.165) is 50.5 Å². The lowest BCUT2D eigenvalue weighted by atomic mass is 9.98. The summed E-state index contributed by atoms with van der Waals surface area (Å²) in [6, 6.07) is 3.37. The van der Waals surface area contributed by atoms with E-state index in [0.29, 0.717) is 5.02 Å². The number of carbonyl (C=O) groups is 1. The number of piperazine rings is 1. The van der Waals surface area contributed by atoms with Crippen LogP contribution in [0, 0.1) is 5.92 Å². The third kappa shape index (κ3) is 4.68. The van der Waals surface area contributed by atoms with E-state index in [1.165, 1.54) is 0 Å². The molecule has 1 amide bonds. The molecule has 2 N–H and O–H groups in total. The molecule has 0 spiro atoms. The number of nitrogens with zero attached hydrogens (tertiary/aromatic N) is 4. The van der Waals surface area contributed by atoms with Crippen molar-refractivity contribution in [3.05, 3.63) is 35.2 Å². The maximum atomic E-state index is 12.5. The first kappa shape index (κ1) is 21.0. The standard InChI is InChI=1S/C18H26ClN5O.ClH/c1-3-13(2)17(20)18(25)23-8-6-22(7-9-23)11-15-12-24-10-14(19)4-5-16(24)21-15;/h4-5,10,12-13,17H,3,6-9,11,20H2,1-2H3;1H. The summed E-state index contributed by atoms with van der Waals surface area (Å²) >= 11 is 6.02. The number of hydrogen-bond acceptors (Lipinski definition) is 4. The SMILES string of the molecule is CCC(C)C(N)C(=O)N1CCN(Cc2cn3cc(Cl)ccc3n2)CC1.Cl. The van der Waals surface area contributed by atoms with Crippen molar-refractivity contribution >= 4 is 35.6 Å². The van der Waals surface area contributed by atoms with Crippen LogP contribution < -0.4 is 5.73 Å². The number of imidazole rings is 1. The minimum absolute atomic E-state index is 0. The maximum Gasteiger partial charge on any atom is 0.239 e. The minimum atomic E-state index is -0.389. The molecule has 26 heavy (non-hydrogen) atoms. The molecule has 2 unspecified atom stereocenters. The van der Waals surface area contributed by atoms with Crippen LogP contribution in [-0.4, -0.2) is 57.3 Å². The number of aromatic nitrogens is 2. The Labute approximate surface area is 165 Å². The fourth-order valence-corrected chi connectivity index (χ4v) is 3.33. The first-order chi connectivity index (χ1) is 12.0. The number of carbonyl (C=O) groups excluding carboxylic acids is 1. The van der Waals surface area contributed by atoms with E-state index in [-0.39, 0.29) is 30.3 Å². The third-order valence-electron chi connectivity index (χ3n) is 5.08. The van der Waals surface area contributed by atoms with Gasteiger partial charge in [0.15, 0.2) is 0 Å². The van der Waals surface area contributed by atoms with Gasteiger partial charge in [0.1, 0.15) is 5.65 Å². The van der Waals surface area contributed by atoms with Gasteiger partial charge in [0.25, 0.3) is 0 Å². The zero-order valence-corrected chi connectivity index (χ0v) is 16.8. The first-order valence-corrected chi connectivity index (χ1v) is 9.25. The van der Waals surface area contributed by atoms with Crippen molar-refractivity contribution in [1.82, 2.24) is 19.2 Å². The average Bonchev–Trinajstić information content (AvgIpc) is 3.01. The van der Waals surface area contributed by atoms with Gasteiger partial charge in [-0.15, -0.1) is 12.4 Å². The molecule has 8 heteroatoms. The predicted molar refractivity (Wildman–Crippen MR) is 107 cm³/mol. The van der Waals surface area contributed by atoms with E-state index in [2.05, 4.69) is 16.8 Å². The molecular formula is C18H27Cl2N5O. The molecule has 0 aliphatic carbocycles. The summed E-state index contributed by atoms with van der Waals surface area (Å²) < 4.78 is 1.95. The van der Waals surface area contributed by atoms with Crippen LogP contribution in [0.25, 0.3) is 5.65 Å². The summed E-state index contributed by atoms with van der Waals surface area (Å²) in [4.78, 5) is 21.3. The highest BCUT2D eigenvalue weighted by molar-refractivity contribution is 6.30. The number of amides is 1. The second kappa shape index (κ2) is 9.04. The molecule has 3 heterocycles. The van der Waals surface area contributed by atoms with Crippen molar-refractivity contribution in [2.45, 2.75) is 32.9 Å². The topological polar surface area (TPSA) is 66.9 Å². The highest BCUT2D eigenvalue weighted by Gasteiger charge is 2.27. The Bertz CT molecular complexity index is 742. The summed E-state index contributed by atoms with van der Waals surface area (Å²) in [6.07, 6.45) is 4.79. The fraction of sp³-hybridized carbons (Fsp3) is 0.556. The third-order valence-corrected chi connectivity index (χ3v) is 5.30. The van der Waals surface area contributed by atoms with Crippen LogP contribution in [-0.2, 0) is 11.3 Å². The summed E-state index contributed by atoms with van der Waals surface area (Å²) in [7, 11) is 0. The van der Waals surface area contributed by atoms with E-state index in [1.54, 1.807) is 0 Å². The van der Waals surface area contributed by atoms with Gasteiger partial charge in [0, 0.05) is 45.1 Å². The Morgan fingerprint density at radius 1 is 1.27 bits per heavy atom. The van der Waals surface area contributed by atoms with E-state index in [1.807, 2.05) is 40.8 Å². The van der Waals surface area contributed by atoms with Crippen molar-refractivity contribution < 1.29 is 4.79 Å². The van der Waals surface area contributed by atoms with Gasteiger partial charge in [-0.05, 0) is 18.1 Å². The van der Waals surface area contributed by atoms with Crippen LogP contribution >= 0.6 is 24.0 Å². The minimum Gasteiger partial charge on any atom is -0.339 e. The van der Waals surface area contributed by atoms with E-state index < -0.39 is 0 Å². The predicted octanol–water partition coefficient (Wildman–Crippen LogP) is 2.43. The molecule has 1 aliphatic rings.